The molecule has 1 aromatic carbocycles. The molecule has 0 saturated carbocycles. The molecule has 1 rings (SSSR count). The zero-order valence-electron chi connectivity index (χ0n) is 8.60. The third-order valence-electron chi connectivity index (χ3n) is 1.70. The Morgan fingerprint density at radius 2 is 1.87 bits per heavy atom. The predicted molar refractivity (Wildman–Crippen MR) is 54.9 cm³/mol. The molecule has 0 fully saturated rings. The number of hydrogen-bond donors (Lipinski definition) is 1. The molecule has 0 heterocycles. The largest absolute Gasteiger partial charge is 0.491 e. The maximum absolute atomic E-state index is 11.0. The van der Waals surface area contributed by atoms with E-state index in [4.69, 9.17) is 14.6 Å². The molecule has 1 N–H and O–H groups in total. The van der Waals surface area contributed by atoms with E-state index in [-0.39, 0.29) is 19.2 Å². The van der Waals surface area contributed by atoms with Crippen molar-refractivity contribution in [1.82, 2.24) is 0 Å². The fraction of sp³-hybridized carbons (Fsp3) is 0.364. The van der Waals surface area contributed by atoms with Crippen LogP contribution < -0.4 is 9.47 Å². The highest BCUT2D eigenvalue weighted by Crippen LogP contribution is 2.17. The standard InChI is InChI=1S/C11H14O4/c1-2-11(13)15-10-5-3-9(4-6-10)14-8-7-12/h3-6,12H,2,7-8H2,1H3. The van der Waals surface area contributed by atoms with E-state index >= 15 is 0 Å². The van der Waals surface area contributed by atoms with Crippen LogP contribution in [0.3, 0.4) is 0 Å². The summed E-state index contributed by atoms with van der Waals surface area (Å²) < 4.78 is 10.1. The molecule has 4 heteroatoms. The third kappa shape index (κ3) is 3.99. The van der Waals surface area contributed by atoms with E-state index in [0.717, 1.165) is 0 Å². The van der Waals surface area contributed by atoms with Crippen molar-refractivity contribution in [3.8, 4) is 11.5 Å². The highest BCUT2D eigenvalue weighted by atomic mass is 16.5. The summed E-state index contributed by atoms with van der Waals surface area (Å²) in [6.45, 7) is 1.97. The van der Waals surface area contributed by atoms with Gasteiger partial charge in [-0.2, -0.15) is 0 Å². The Labute approximate surface area is 88.4 Å². The van der Waals surface area contributed by atoms with Gasteiger partial charge in [0.15, 0.2) is 0 Å². The summed E-state index contributed by atoms with van der Waals surface area (Å²) in [5, 5.41) is 8.54. The minimum absolute atomic E-state index is 0.0213. The molecular weight excluding hydrogens is 196 g/mol. The zero-order valence-corrected chi connectivity index (χ0v) is 8.60. The number of carbonyl (C=O) groups is 1. The molecule has 0 radical (unpaired) electrons. The highest BCUT2D eigenvalue weighted by molar-refractivity contribution is 5.71. The Bertz CT molecular complexity index is 305. The molecule has 0 aliphatic rings. The van der Waals surface area contributed by atoms with Crippen molar-refractivity contribution in [2.75, 3.05) is 13.2 Å². The van der Waals surface area contributed by atoms with Crippen LogP contribution in [0.15, 0.2) is 24.3 Å². The van der Waals surface area contributed by atoms with Crippen LogP contribution in [0.2, 0.25) is 0 Å². The van der Waals surface area contributed by atoms with Crippen LogP contribution in [0.1, 0.15) is 13.3 Å². The van der Waals surface area contributed by atoms with Crippen LogP contribution in [-0.2, 0) is 4.79 Å². The monoisotopic (exact) mass is 210 g/mol. The average molecular weight is 210 g/mol. The maximum Gasteiger partial charge on any atom is 0.310 e. The molecule has 0 aromatic heterocycles. The molecule has 0 bridgehead atoms. The van der Waals surface area contributed by atoms with Crippen molar-refractivity contribution in [3.05, 3.63) is 24.3 Å². The van der Waals surface area contributed by atoms with Gasteiger partial charge < -0.3 is 14.6 Å². The average Bonchev–Trinajstić information content (AvgIpc) is 2.28. The lowest BCUT2D eigenvalue weighted by Gasteiger charge is -2.05. The summed E-state index contributed by atoms with van der Waals surface area (Å²) in [4.78, 5) is 11.0. The van der Waals surface area contributed by atoms with Crippen LogP contribution >= 0.6 is 0 Å². The predicted octanol–water partition coefficient (Wildman–Crippen LogP) is 1.37. The van der Waals surface area contributed by atoms with Crippen molar-refractivity contribution < 1.29 is 19.4 Å². The smallest absolute Gasteiger partial charge is 0.310 e. The molecule has 4 nitrogen and oxygen atoms in total. The van der Waals surface area contributed by atoms with Crippen LogP contribution in [-0.4, -0.2) is 24.3 Å². The Balaban J connectivity index is 2.52. The summed E-state index contributed by atoms with van der Waals surface area (Å²) in [5.41, 5.74) is 0. The van der Waals surface area contributed by atoms with Gasteiger partial charge in [-0.1, -0.05) is 6.92 Å². The molecule has 0 amide bonds. The molecule has 1 aromatic rings. The van der Waals surface area contributed by atoms with Gasteiger partial charge in [0.1, 0.15) is 18.1 Å². The highest BCUT2D eigenvalue weighted by Gasteiger charge is 2.01. The van der Waals surface area contributed by atoms with Gasteiger partial charge in [-0.25, -0.2) is 0 Å². The van der Waals surface area contributed by atoms with Gasteiger partial charge in [0.05, 0.1) is 6.61 Å². The van der Waals surface area contributed by atoms with Crippen molar-refractivity contribution in [2.24, 2.45) is 0 Å². The van der Waals surface area contributed by atoms with Gasteiger partial charge in [-0.3, -0.25) is 4.79 Å². The van der Waals surface area contributed by atoms with Gasteiger partial charge in [0, 0.05) is 6.42 Å². The number of carbonyl (C=O) groups excluding carboxylic acids is 1. The molecule has 0 saturated heterocycles. The quantitative estimate of drug-likeness (QED) is 0.589. The second-order valence-electron chi connectivity index (χ2n) is 2.87. The Morgan fingerprint density at radius 3 is 2.40 bits per heavy atom. The first-order valence-corrected chi connectivity index (χ1v) is 4.80. The van der Waals surface area contributed by atoms with Gasteiger partial charge >= 0.3 is 5.97 Å². The van der Waals surface area contributed by atoms with Crippen molar-refractivity contribution in [2.45, 2.75) is 13.3 Å². The first-order chi connectivity index (χ1) is 7.26. The normalized spacial score (nSPS) is 9.73. The number of hydrogen-bond acceptors (Lipinski definition) is 4. The lowest BCUT2D eigenvalue weighted by atomic mass is 10.3. The van der Waals surface area contributed by atoms with E-state index in [9.17, 15) is 4.79 Å². The first-order valence-electron chi connectivity index (χ1n) is 4.80. The summed E-state index contributed by atoms with van der Waals surface area (Å²) in [7, 11) is 0. The van der Waals surface area contributed by atoms with E-state index in [1.807, 2.05) is 0 Å². The van der Waals surface area contributed by atoms with Crippen LogP contribution in [0, 0.1) is 0 Å². The summed E-state index contributed by atoms with van der Waals surface area (Å²) >= 11 is 0. The lowest BCUT2D eigenvalue weighted by molar-refractivity contribution is -0.134. The zero-order chi connectivity index (χ0) is 11.1. The van der Waals surface area contributed by atoms with E-state index in [1.54, 1.807) is 31.2 Å². The van der Waals surface area contributed by atoms with Crippen LogP contribution in [0.5, 0.6) is 11.5 Å². The van der Waals surface area contributed by atoms with E-state index < -0.39 is 0 Å². The van der Waals surface area contributed by atoms with Crippen molar-refractivity contribution >= 4 is 5.97 Å². The minimum Gasteiger partial charge on any atom is -0.491 e. The Hall–Kier alpha value is -1.55. The van der Waals surface area contributed by atoms with E-state index in [1.165, 1.54) is 0 Å². The lowest BCUT2D eigenvalue weighted by Crippen LogP contribution is -2.05. The fourth-order valence-corrected chi connectivity index (χ4v) is 0.971. The molecule has 0 aliphatic carbocycles. The Kier molecular flexibility index (Phi) is 4.63. The van der Waals surface area contributed by atoms with Gasteiger partial charge in [-0.05, 0) is 24.3 Å². The Morgan fingerprint density at radius 1 is 1.27 bits per heavy atom. The van der Waals surface area contributed by atoms with E-state index in [0.29, 0.717) is 17.9 Å². The number of aliphatic hydroxyl groups is 1. The third-order valence-corrected chi connectivity index (χ3v) is 1.70. The van der Waals surface area contributed by atoms with E-state index in [2.05, 4.69) is 0 Å². The molecule has 82 valence electrons. The molecule has 15 heavy (non-hydrogen) atoms. The summed E-state index contributed by atoms with van der Waals surface area (Å²) in [6, 6.07) is 6.68. The number of aliphatic hydroxyl groups excluding tert-OH is 1. The summed E-state index contributed by atoms with van der Waals surface area (Å²) in [5.74, 6) is 0.873. The molecule has 0 spiro atoms. The SMILES string of the molecule is CCC(=O)Oc1ccc(OCCO)cc1. The molecule has 0 aliphatic heterocycles. The van der Waals surface area contributed by atoms with Gasteiger partial charge in [-0.15, -0.1) is 0 Å². The van der Waals surface area contributed by atoms with Crippen molar-refractivity contribution in [3.63, 3.8) is 0 Å². The number of rotatable bonds is 5. The minimum atomic E-state index is -0.265. The number of benzene rings is 1. The molecular formula is C11H14O4. The second-order valence-corrected chi connectivity index (χ2v) is 2.87. The second kappa shape index (κ2) is 6.03. The molecule has 0 atom stereocenters. The topological polar surface area (TPSA) is 55.8 Å². The van der Waals surface area contributed by atoms with Gasteiger partial charge in [0.25, 0.3) is 0 Å². The van der Waals surface area contributed by atoms with Crippen molar-refractivity contribution in [1.29, 1.82) is 0 Å². The number of esters is 1. The fourth-order valence-electron chi connectivity index (χ4n) is 0.971. The first kappa shape index (κ1) is 11.5. The molecule has 0 unspecified atom stereocenters. The van der Waals surface area contributed by atoms with Crippen LogP contribution in [0.4, 0.5) is 0 Å². The number of ether oxygens (including phenoxy) is 2. The maximum atomic E-state index is 11.0. The van der Waals surface area contributed by atoms with Gasteiger partial charge in [0.2, 0.25) is 0 Å². The van der Waals surface area contributed by atoms with Crippen LogP contribution in [0.25, 0.3) is 0 Å². The summed E-state index contributed by atoms with van der Waals surface area (Å²) in [6.07, 6.45) is 0.350.